The highest BCUT2D eigenvalue weighted by molar-refractivity contribution is 5.71. The van der Waals surface area contributed by atoms with Gasteiger partial charge >= 0.3 is 17.9 Å². The molecule has 0 aromatic heterocycles. The number of unbranched alkanes of at least 4 members (excludes halogenated alkanes) is 16. The molecule has 0 rings (SSSR count). The summed E-state index contributed by atoms with van der Waals surface area (Å²) in [6, 6.07) is 0. The van der Waals surface area contributed by atoms with Crippen LogP contribution in [0.5, 0.6) is 0 Å². The minimum atomic E-state index is -0.850. The summed E-state index contributed by atoms with van der Waals surface area (Å²) >= 11 is 0. The van der Waals surface area contributed by atoms with Crippen LogP contribution in [0.4, 0.5) is 0 Å². The second-order valence-corrected chi connectivity index (χ2v) is 20.2. The molecule has 0 radical (unpaired) electrons. The average Bonchev–Trinajstić information content (AvgIpc) is 3.45. The minimum Gasteiger partial charge on any atom is -0.462 e. The van der Waals surface area contributed by atoms with E-state index in [1.807, 2.05) is 12.2 Å². The van der Waals surface area contributed by atoms with Gasteiger partial charge in [-0.2, -0.15) is 0 Å². The molecule has 6 nitrogen and oxygen atoms in total. The van der Waals surface area contributed by atoms with E-state index in [0.29, 0.717) is 19.3 Å². The van der Waals surface area contributed by atoms with Gasteiger partial charge in [-0.15, -0.1) is 0 Å². The second kappa shape index (κ2) is 65.3. The van der Waals surface area contributed by atoms with Gasteiger partial charge in [0.15, 0.2) is 6.10 Å². The number of carbonyl (C=O) groups excluding carboxylic acids is 3. The van der Waals surface area contributed by atoms with E-state index < -0.39 is 12.1 Å². The molecule has 0 spiro atoms. The first-order valence-electron chi connectivity index (χ1n) is 31.6. The molecule has 6 heteroatoms. The van der Waals surface area contributed by atoms with Gasteiger partial charge in [0, 0.05) is 19.3 Å². The van der Waals surface area contributed by atoms with Crippen LogP contribution >= 0.6 is 0 Å². The fraction of sp³-hybridized carbons (Fsp3) is 0.575. The molecule has 0 saturated heterocycles. The van der Waals surface area contributed by atoms with E-state index >= 15 is 0 Å². The Morgan fingerprint density at radius 3 is 0.886 bits per heavy atom. The van der Waals surface area contributed by atoms with Crippen molar-refractivity contribution in [3.05, 3.63) is 170 Å². The zero-order chi connectivity index (χ0) is 57.1. The number of hydrogen-bond acceptors (Lipinski definition) is 6. The largest absolute Gasteiger partial charge is 0.462 e. The summed E-state index contributed by atoms with van der Waals surface area (Å²) in [4.78, 5) is 38.2. The third-order valence-corrected chi connectivity index (χ3v) is 12.7. The third kappa shape index (κ3) is 63.5. The summed E-state index contributed by atoms with van der Waals surface area (Å²) in [6.45, 7) is 6.27. The molecule has 0 bridgehead atoms. The molecule has 0 fully saturated rings. The molecule has 1 unspecified atom stereocenters. The minimum absolute atomic E-state index is 0.133. The lowest BCUT2D eigenvalue weighted by Crippen LogP contribution is -2.30. The maximum absolute atomic E-state index is 12.9. The van der Waals surface area contributed by atoms with E-state index in [4.69, 9.17) is 14.2 Å². The van der Waals surface area contributed by atoms with E-state index in [1.54, 1.807) is 0 Å². The van der Waals surface area contributed by atoms with Crippen molar-refractivity contribution in [2.45, 2.75) is 258 Å². The van der Waals surface area contributed by atoms with Crippen molar-refractivity contribution >= 4 is 17.9 Å². The molecule has 0 aliphatic heterocycles. The number of ether oxygens (including phenoxy) is 3. The van der Waals surface area contributed by atoms with Gasteiger partial charge in [0.25, 0.3) is 0 Å². The second-order valence-electron chi connectivity index (χ2n) is 20.2. The standard InChI is InChI=1S/C73H114O6/c1-4-7-10-13-16-19-22-25-27-29-31-33-35-36-38-39-41-43-45-48-51-54-57-60-63-66-72(75)78-69-70(68-77-71(74)65-62-59-56-53-50-47-24-21-18-15-12-9-6-3)79-73(76)67-64-61-58-55-52-49-46-44-42-40-37-34-32-30-28-26-23-20-17-14-11-8-5-2/h8-9,11-12,17-18,20-22,25-26,28-29,31-32,34-36,40,42,46-47,49-50,55-56,58-59,70H,4-7,10,13-16,19,23-24,27,30,33,37-39,41,43-45,48,51-54,57,60-69H2,1-3H3/b11-8-,12-9-,20-17-,21-18-,25-22-,28-26-,31-29-,34-32-,36-35-,42-40-,49-46-,50-47-,58-55-,59-56-. The van der Waals surface area contributed by atoms with Crippen molar-refractivity contribution in [3.8, 4) is 0 Å². The van der Waals surface area contributed by atoms with Gasteiger partial charge < -0.3 is 14.2 Å². The number of esters is 3. The number of allylic oxidation sites excluding steroid dienone is 28. The van der Waals surface area contributed by atoms with Crippen LogP contribution < -0.4 is 0 Å². The van der Waals surface area contributed by atoms with Crippen molar-refractivity contribution in [2.75, 3.05) is 13.2 Å². The monoisotopic (exact) mass is 1090 g/mol. The normalized spacial score (nSPS) is 13.3. The first-order valence-corrected chi connectivity index (χ1v) is 31.6. The number of rotatable bonds is 55. The average molecular weight is 1090 g/mol. The zero-order valence-electron chi connectivity index (χ0n) is 50.6. The lowest BCUT2D eigenvalue weighted by atomic mass is 10.1. The Morgan fingerprint density at radius 2 is 0.532 bits per heavy atom. The summed E-state index contributed by atoms with van der Waals surface area (Å²) < 4.78 is 16.8. The molecule has 0 aromatic carbocycles. The molecule has 1 atom stereocenters. The van der Waals surface area contributed by atoms with Gasteiger partial charge in [0.1, 0.15) is 13.2 Å². The summed E-state index contributed by atoms with van der Waals surface area (Å²) in [6.07, 6.45) is 96.7. The molecule has 0 aromatic rings. The summed E-state index contributed by atoms with van der Waals surface area (Å²) in [5, 5.41) is 0. The van der Waals surface area contributed by atoms with Crippen LogP contribution in [0.3, 0.4) is 0 Å². The highest BCUT2D eigenvalue weighted by Gasteiger charge is 2.19. The Morgan fingerprint density at radius 1 is 0.266 bits per heavy atom. The maximum atomic E-state index is 12.9. The van der Waals surface area contributed by atoms with Crippen molar-refractivity contribution in [2.24, 2.45) is 0 Å². The van der Waals surface area contributed by atoms with Crippen molar-refractivity contribution < 1.29 is 28.6 Å². The SMILES string of the molecule is CC/C=C\C/C=C\C/C=C\C/C=C\C/C=C\C/C=C\C/C=C\CCCC(=O)OC(COC(=O)CC/C=C\C/C=C\C/C=C\C/C=C\CC)COC(=O)CCCCCCCCCCCC/C=C\C/C=C\C/C=C\CCCCCCC. The Hall–Kier alpha value is -5.23. The van der Waals surface area contributed by atoms with Crippen LogP contribution in [0, 0.1) is 0 Å². The molecule has 0 aliphatic rings. The van der Waals surface area contributed by atoms with Gasteiger partial charge in [0.2, 0.25) is 0 Å². The predicted molar refractivity (Wildman–Crippen MR) is 343 cm³/mol. The summed E-state index contributed by atoms with van der Waals surface area (Å²) in [5.74, 6) is -1.09. The van der Waals surface area contributed by atoms with Crippen LogP contribution in [0.2, 0.25) is 0 Å². The van der Waals surface area contributed by atoms with Gasteiger partial charge in [0.05, 0.1) is 0 Å². The first-order chi connectivity index (χ1) is 39.0. The van der Waals surface area contributed by atoms with Gasteiger partial charge in [-0.25, -0.2) is 0 Å². The Labute approximate surface area is 485 Å². The zero-order valence-corrected chi connectivity index (χ0v) is 50.6. The highest BCUT2D eigenvalue weighted by atomic mass is 16.6. The molecule has 0 aliphatic carbocycles. The van der Waals surface area contributed by atoms with Gasteiger partial charge in [-0.3, -0.25) is 14.4 Å². The van der Waals surface area contributed by atoms with Crippen LogP contribution in [-0.4, -0.2) is 37.2 Å². The van der Waals surface area contributed by atoms with Crippen molar-refractivity contribution in [1.82, 2.24) is 0 Å². The van der Waals surface area contributed by atoms with Crippen LogP contribution in [0.1, 0.15) is 252 Å². The van der Waals surface area contributed by atoms with E-state index in [9.17, 15) is 14.4 Å². The van der Waals surface area contributed by atoms with E-state index in [0.717, 1.165) is 109 Å². The topological polar surface area (TPSA) is 78.9 Å². The lowest BCUT2D eigenvalue weighted by Gasteiger charge is -2.18. The number of carbonyl (C=O) groups is 3. The van der Waals surface area contributed by atoms with E-state index in [1.165, 1.54) is 89.9 Å². The lowest BCUT2D eigenvalue weighted by molar-refractivity contribution is -0.166. The van der Waals surface area contributed by atoms with Crippen LogP contribution in [0.25, 0.3) is 0 Å². The quantitative estimate of drug-likeness (QED) is 0.0261. The fourth-order valence-electron chi connectivity index (χ4n) is 8.04. The van der Waals surface area contributed by atoms with Crippen LogP contribution in [-0.2, 0) is 28.6 Å². The van der Waals surface area contributed by atoms with Crippen LogP contribution in [0.15, 0.2) is 170 Å². The Bertz CT molecular complexity index is 1820. The Balaban J connectivity index is 4.51. The molecule has 0 saturated carbocycles. The van der Waals surface area contributed by atoms with E-state index in [2.05, 4.69) is 179 Å². The molecular formula is C73H114O6. The van der Waals surface area contributed by atoms with E-state index in [-0.39, 0.29) is 38.0 Å². The van der Waals surface area contributed by atoms with Crippen molar-refractivity contribution in [1.29, 1.82) is 0 Å². The maximum Gasteiger partial charge on any atom is 0.306 e. The summed E-state index contributed by atoms with van der Waals surface area (Å²) in [5.41, 5.74) is 0. The molecule has 79 heavy (non-hydrogen) atoms. The van der Waals surface area contributed by atoms with Gasteiger partial charge in [-0.1, -0.05) is 268 Å². The molecule has 0 amide bonds. The molecule has 442 valence electrons. The van der Waals surface area contributed by atoms with Crippen molar-refractivity contribution in [3.63, 3.8) is 0 Å². The number of hydrogen-bond donors (Lipinski definition) is 0. The smallest absolute Gasteiger partial charge is 0.306 e. The molecule has 0 N–H and O–H groups in total. The highest BCUT2D eigenvalue weighted by Crippen LogP contribution is 2.14. The third-order valence-electron chi connectivity index (χ3n) is 12.7. The molecule has 0 heterocycles. The fourth-order valence-corrected chi connectivity index (χ4v) is 8.04. The molecular weight excluding hydrogens is 973 g/mol. The summed E-state index contributed by atoms with van der Waals surface area (Å²) in [7, 11) is 0. The first kappa shape index (κ1) is 73.8. The van der Waals surface area contributed by atoms with Gasteiger partial charge in [-0.05, 0) is 135 Å². The Kier molecular flexibility index (Phi) is 61.0. The predicted octanol–water partition coefficient (Wildman–Crippen LogP) is 21.9.